The Bertz CT molecular complexity index is 1940. The maximum Gasteiger partial charge on any atom is 0.303 e. The normalized spacial score (nSPS) is 17.8. The second-order valence-corrected chi connectivity index (χ2v) is 15.5. The maximum atomic E-state index is 13.5. The van der Waals surface area contributed by atoms with Crippen LogP contribution in [-0.4, -0.2) is 106 Å². The summed E-state index contributed by atoms with van der Waals surface area (Å²) in [7, 11) is 6.77. The van der Waals surface area contributed by atoms with Gasteiger partial charge in [-0.3, -0.25) is 19.2 Å². The molecule has 15 nitrogen and oxygen atoms in total. The van der Waals surface area contributed by atoms with Gasteiger partial charge in [0.1, 0.15) is 23.0 Å². The third kappa shape index (κ3) is 13.1. The summed E-state index contributed by atoms with van der Waals surface area (Å²) in [5.41, 5.74) is 3.00. The largest absolute Gasteiger partial charge is 0.508 e. The Morgan fingerprint density at radius 2 is 0.967 bits per heavy atom. The van der Waals surface area contributed by atoms with Gasteiger partial charge in [-0.2, -0.15) is 0 Å². The molecule has 4 unspecified atom stereocenters. The Hall–Kier alpha value is -4.88. The number of benzene rings is 4. The van der Waals surface area contributed by atoms with E-state index >= 15 is 0 Å². The number of esters is 2. The summed E-state index contributed by atoms with van der Waals surface area (Å²) in [5.74, 6) is -0.0442. The number of ether oxygens (including phenoxy) is 4. The zero-order valence-electron chi connectivity index (χ0n) is 34.4. The van der Waals surface area contributed by atoms with Gasteiger partial charge in [-0.05, 0) is 85.9 Å². The van der Waals surface area contributed by atoms with Crippen LogP contribution in [0.4, 0.5) is 11.4 Å². The Kier molecular flexibility index (Phi) is 21.0. The Morgan fingerprint density at radius 3 is 1.26 bits per heavy atom. The monoisotopic (exact) mass is 922 g/mol. The van der Waals surface area contributed by atoms with Crippen LogP contribution in [-0.2, 0) is 28.7 Å². The zero-order valence-corrected chi connectivity index (χ0v) is 37.7. The maximum absolute atomic E-state index is 13.5. The van der Waals surface area contributed by atoms with Crippen molar-refractivity contribution in [2.24, 2.45) is 0 Å². The van der Waals surface area contributed by atoms with E-state index in [0.717, 1.165) is 20.9 Å². The van der Waals surface area contributed by atoms with Crippen LogP contribution in [0, 0.1) is 0 Å². The fourth-order valence-electron chi connectivity index (χ4n) is 6.40. The molecule has 332 valence electrons. The first-order valence-electron chi connectivity index (χ1n) is 18.4. The average molecular weight is 924 g/mol. The Balaban J connectivity index is 0.000000400. The number of thioether (sulfide) groups is 2. The third-order valence-corrected chi connectivity index (χ3v) is 11.9. The number of aromatic hydroxyl groups is 2. The second-order valence-electron chi connectivity index (χ2n) is 13.2. The van der Waals surface area contributed by atoms with Gasteiger partial charge in [0.25, 0.3) is 11.8 Å². The van der Waals surface area contributed by atoms with Crippen molar-refractivity contribution in [1.29, 1.82) is 0 Å². The van der Waals surface area contributed by atoms with Gasteiger partial charge in [0.15, 0.2) is 12.2 Å². The molecule has 61 heavy (non-hydrogen) atoms. The van der Waals surface area contributed by atoms with Crippen LogP contribution >= 0.6 is 48.3 Å². The molecular formula is C42H52Cl2N4O11S2. The van der Waals surface area contributed by atoms with E-state index in [2.05, 4.69) is 10.6 Å². The van der Waals surface area contributed by atoms with Gasteiger partial charge in [0.05, 0.1) is 36.1 Å². The highest BCUT2D eigenvalue weighted by atomic mass is 35.5. The molecule has 0 spiro atoms. The van der Waals surface area contributed by atoms with Gasteiger partial charge in [-0.1, -0.05) is 24.3 Å². The number of carbonyl (C=O) groups is 4. The van der Waals surface area contributed by atoms with Crippen molar-refractivity contribution in [2.45, 2.75) is 46.3 Å². The van der Waals surface area contributed by atoms with Gasteiger partial charge in [-0.25, -0.2) is 0 Å². The first-order valence-corrected chi connectivity index (χ1v) is 20.2. The van der Waals surface area contributed by atoms with Gasteiger partial charge in [0, 0.05) is 49.8 Å². The molecular weight excluding hydrogens is 872 g/mol. The van der Waals surface area contributed by atoms with Crippen molar-refractivity contribution in [2.75, 3.05) is 64.3 Å². The van der Waals surface area contributed by atoms with E-state index in [-0.39, 0.29) is 53.6 Å². The van der Waals surface area contributed by atoms with Gasteiger partial charge >= 0.3 is 11.9 Å². The number of nitrogens with one attached hydrogen (secondary N) is 2. The van der Waals surface area contributed by atoms with E-state index in [1.54, 1.807) is 98.8 Å². The molecule has 0 saturated heterocycles. The molecule has 0 aromatic heterocycles. The molecule has 2 heterocycles. The quantitative estimate of drug-likeness (QED) is 0.130. The average Bonchev–Trinajstić information content (AvgIpc) is 3.39. The molecule has 4 aromatic carbocycles. The van der Waals surface area contributed by atoms with E-state index in [1.165, 1.54) is 37.4 Å². The van der Waals surface area contributed by atoms with E-state index in [1.807, 2.05) is 24.3 Å². The number of methoxy groups -OCH3 is 2. The summed E-state index contributed by atoms with van der Waals surface area (Å²) in [6.45, 7) is 4.53. The molecule has 4 aromatic rings. The van der Waals surface area contributed by atoms with E-state index in [9.17, 15) is 29.4 Å². The molecule has 0 fully saturated rings. The fraction of sp³-hybridized carbons (Fsp3) is 0.333. The number of rotatable bonds is 12. The number of nitrogens with zero attached hydrogens (tertiary/aromatic N) is 2. The molecule has 4 atom stereocenters. The number of hydrogen-bond donors (Lipinski definition) is 4. The summed E-state index contributed by atoms with van der Waals surface area (Å²) >= 11 is 2.78. The minimum absolute atomic E-state index is 0. The first-order chi connectivity index (χ1) is 27.9. The highest BCUT2D eigenvalue weighted by Crippen LogP contribution is 2.49. The van der Waals surface area contributed by atoms with Crippen LogP contribution in [0.3, 0.4) is 0 Å². The predicted octanol–water partition coefficient (Wildman–Crippen LogP) is 5.48. The van der Waals surface area contributed by atoms with Crippen LogP contribution in [0.5, 0.6) is 23.0 Å². The van der Waals surface area contributed by atoms with Crippen molar-refractivity contribution < 1.29 is 53.8 Å². The number of hydrogen-bond acceptors (Lipinski definition) is 14. The van der Waals surface area contributed by atoms with Crippen molar-refractivity contribution in [3.63, 3.8) is 0 Å². The van der Waals surface area contributed by atoms with Crippen LogP contribution in [0.1, 0.15) is 35.5 Å². The van der Waals surface area contributed by atoms with Gasteiger partial charge < -0.3 is 55.1 Å². The molecule has 0 aliphatic carbocycles. The predicted molar refractivity (Wildman–Crippen MR) is 241 cm³/mol. The second kappa shape index (κ2) is 24.5. The van der Waals surface area contributed by atoms with E-state index in [4.69, 9.17) is 18.9 Å². The molecule has 0 radical (unpaired) electrons. The highest BCUT2D eigenvalue weighted by Gasteiger charge is 2.42. The lowest BCUT2D eigenvalue weighted by molar-refractivity contribution is -0.153. The standard InChI is InChI=1S/2C21H24N2O5S.2ClH.H2O/c2*1-13(24)28-19-20(14-4-7-16(27-3)8-5-14)29-18-12-15(25)6-9-17(18)23(21(19)26)11-10-22-2;;;/h2*4-9,12,19-20,22,25H,10-11H2,1-3H3;2*1H;1H2. The molecule has 2 aliphatic rings. The number of phenols is 2. The summed E-state index contributed by atoms with van der Waals surface area (Å²) in [5, 5.41) is 25.2. The lowest BCUT2D eigenvalue weighted by atomic mass is 10.1. The van der Waals surface area contributed by atoms with Crippen LogP contribution in [0.25, 0.3) is 0 Å². The Labute approximate surface area is 376 Å². The number of amides is 2. The van der Waals surface area contributed by atoms with Crippen molar-refractivity contribution >= 4 is 83.5 Å². The van der Waals surface area contributed by atoms with Crippen LogP contribution < -0.4 is 29.9 Å². The fourth-order valence-corrected chi connectivity index (χ4v) is 9.10. The summed E-state index contributed by atoms with van der Waals surface area (Å²) < 4.78 is 21.5. The lowest BCUT2D eigenvalue weighted by Gasteiger charge is -2.27. The van der Waals surface area contributed by atoms with Crippen molar-refractivity contribution in [3.8, 4) is 23.0 Å². The highest BCUT2D eigenvalue weighted by molar-refractivity contribution is 8.00. The number of carbonyl (C=O) groups excluding carboxylic acids is 4. The zero-order chi connectivity index (χ0) is 41.9. The Morgan fingerprint density at radius 1 is 0.623 bits per heavy atom. The molecule has 0 bridgehead atoms. The molecule has 2 amide bonds. The summed E-state index contributed by atoms with van der Waals surface area (Å²) in [6.07, 6.45) is -2.01. The molecule has 6 N–H and O–H groups in total. The summed E-state index contributed by atoms with van der Waals surface area (Å²) in [6, 6.07) is 24.4. The minimum atomic E-state index is -1.00. The topological polar surface area (TPSA) is 208 Å². The van der Waals surface area contributed by atoms with E-state index < -0.39 is 34.6 Å². The summed E-state index contributed by atoms with van der Waals surface area (Å²) in [4.78, 5) is 55.3. The number of fused-ring (bicyclic) bond motifs is 2. The lowest BCUT2D eigenvalue weighted by Crippen LogP contribution is -2.45. The van der Waals surface area contributed by atoms with Crippen LogP contribution in [0.2, 0.25) is 0 Å². The molecule has 2 aliphatic heterocycles. The first kappa shape index (κ1) is 52.3. The number of likely N-dealkylation sites (N-methyl/N-ethyl adjacent to an activating group) is 2. The van der Waals surface area contributed by atoms with Crippen molar-refractivity contribution in [3.05, 3.63) is 96.1 Å². The van der Waals surface area contributed by atoms with E-state index in [0.29, 0.717) is 49.1 Å². The molecule has 6 rings (SSSR count). The van der Waals surface area contributed by atoms with Crippen molar-refractivity contribution in [1.82, 2.24) is 10.6 Å². The number of phenolic OH excluding ortho intramolecular Hbond substituents is 2. The third-order valence-electron chi connectivity index (χ3n) is 9.19. The number of halogens is 2. The van der Waals surface area contributed by atoms with Gasteiger partial charge in [0.2, 0.25) is 0 Å². The van der Waals surface area contributed by atoms with Gasteiger partial charge in [-0.15, -0.1) is 48.3 Å². The molecule has 0 saturated carbocycles. The molecule has 19 heteroatoms. The minimum Gasteiger partial charge on any atom is -0.508 e. The smallest absolute Gasteiger partial charge is 0.303 e. The number of anilines is 2. The van der Waals surface area contributed by atoms with Crippen LogP contribution in [0.15, 0.2) is 94.7 Å². The SMILES string of the molecule is CNCCN1C(=O)C(OC(C)=O)C(c2ccc(OC)cc2)Sc2cc(O)ccc21.CNCCN1C(=O)C(OC(C)=O)C(c2ccc(OC)cc2)Sc2cc(O)ccc21.Cl.Cl.O.